The first-order valence-corrected chi connectivity index (χ1v) is 15.1. The van der Waals surface area contributed by atoms with Gasteiger partial charge in [0.1, 0.15) is 12.4 Å². The second-order valence-electron chi connectivity index (χ2n) is 11.2. The van der Waals surface area contributed by atoms with Crippen LogP contribution in [0.5, 0.6) is 5.75 Å². The highest BCUT2D eigenvalue weighted by Gasteiger charge is 2.19. The van der Waals surface area contributed by atoms with Crippen LogP contribution in [0, 0.1) is 6.92 Å². The number of thioether (sulfide) groups is 1. The number of benzene rings is 4. The van der Waals surface area contributed by atoms with E-state index in [0.717, 1.165) is 39.5 Å². The minimum absolute atomic E-state index is 0.0545. The number of nitrogens with zero attached hydrogens (tertiary/aromatic N) is 4. The van der Waals surface area contributed by atoms with Crippen LogP contribution < -0.4 is 10.2 Å². The van der Waals surface area contributed by atoms with E-state index in [1.54, 1.807) is 6.21 Å². The Labute approximate surface area is 257 Å². The highest BCUT2D eigenvalue weighted by molar-refractivity contribution is 7.99. The summed E-state index contributed by atoms with van der Waals surface area (Å²) in [4.78, 5) is 12.7. The normalized spacial score (nSPS) is 11.5. The second-order valence-corrected chi connectivity index (χ2v) is 12.2. The summed E-state index contributed by atoms with van der Waals surface area (Å²) in [6, 6.07) is 34.2. The number of amides is 1. The molecule has 0 fully saturated rings. The highest BCUT2D eigenvalue weighted by Crippen LogP contribution is 2.30. The lowest BCUT2D eigenvalue weighted by Crippen LogP contribution is -2.20. The van der Waals surface area contributed by atoms with Crippen molar-refractivity contribution in [3.63, 3.8) is 0 Å². The van der Waals surface area contributed by atoms with Gasteiger partial charge < -0.3 is 4.74 Å². The van der Waals surface area contributed by atoms with Crippen molar-refractivity contribution < 1.29 is 9.53 Å². The van der Waals surface area contributed by atoms with Gasteiger partial charge in [-0.05, 0) is 53.3 Å². The molecule has 0 bridgehead atoms. The third kappa shape index (κ3) is 7.99. The molecule has 0 spiro atoms. The van der Waals surface area contributed by atoms with E-state index in [0.29, 0.717) is 11.8 Å². The van der Waals surface area contributed by atoms with Gasteiger partial charge >= 0.3 is 0 Å². The molecule has 0 saturated carbocycles. The number of ether oxygens (including phenoxy) is 1. The molecule has 0 atom stereocenters. The average Bonchev–Trinajstić information content (AvgIpc) is 3.44. The Morgan fingerprint density at radius 2 is 1.67 bits per heavy atom. The molecule has 0 aliphatic rings. The van der Waals surface area contributed by atoms with Gasteiger partial charge in [-0.2, -0.15) is 5.10 Å². The average molecular weight is 590 g/mol. The zero-order valence-electron chi connectivity index (χ0n) is 24.8. The number of nitrogens with one attached hydrogen (secondary N) is 1. The van der Waals surface area contributed by atoms with Crippen LogP contribution >= 0.6 is 11.8 Å². The maximum Gasteiger partial charge on any atom is 0.250 e. The van der Waals surface area contributed by atoms with Crippen molar-refractivity contribution in [1.82, 2.24) is 20.2 Å². The van der Waals surface area contributed by atoms with Crippen LogP contribution in [-0.4, -0.2) is 32.6 Å². The molecule has 0 aliphatic carbocycles. The van der Waals surface area contributed by atoms with Crippen LogP contribution in [0.1, 0.15) is 43.0 Å². The predicted octanol–water partition coefficient (Wildman–Crippen LogP) is 7.36. The molecule has 7 nitrogen and oxygen atoms in total. The van der Waals surface area contributed by atoms with Crippen LogP contribution in [0.2, 0.25) is 0 Å². The van der Waals surface area contributed by atoms with E-state index in [-0.39, 0.29) is 17.1 Å². The van der Waals surface area contributed by atoms with Gasteiger partial charge in [0.15, 0.2) is 11.0 Å². The van der Waals surface area contributed by atoms with Gasteiger partial charge in [0.2, 0.25) is 0 Å². The van der Waals surface area contributed by atoms with Crippen LogP contribution in [0.3, 0.4) is 0 Å². The topological polar surface area (TPSA) is 81.4 Å². The van der Waals surface area contributed by atoms with Crippen molar-refractivity contribution in [2.75, 3.05) is 5.75 Å². The smallest absolute Gasteiger partial charge is 0.250 e. The summed E-state index contributed by atoms with van der Waals surface area (Å²) in [5.74, 6) is 1.34. The molecule has 5 rings (SSSR count). The molecule has 1 amide bonds. The molecule has 5 aromatic rings. The summed E-state index contributed by atoms with van der Waals surface area (Å²) < 4.78 is 7.88. The highest BCUT2D eigenvalue weighted by atomic mass is 32.2. The number of aromatic nitrogens is 3. The second kappa shape index (κ2) is 13.5. The molecular formula is C35H35N5O2S. The van der Waals surface area contributed by atoms with Gasteiger partial charge in [-0.25, -0.2) is 5.43 Å². The lowest BCUT2D eigenvalue weighted by atomic mass is 9.87. The molecular weight excluding hydrogens is 554 g/mol. The van der Waals surface area contributed by atoms with Crippen molar-refractivity contribution in [2.45, 2.75) is 44.9 Å². The Morgan fingerprint density at radius 3 is 2.40 bits per heavy atom. The fourth-order valence-corrected chi connectivity index (χ4v) is 5.11. The minimum atomic E-state index is -0.243. The summed E-state index contributed by atoms with van der Waals surface area (Å²) in [7, 11) is 0. The van der Waals surface area contributed by atoms with Crippen LogP contribution in [0.25, 0.3) is 17.1 Å². The lowest BCUT2D eigenvalue weighted by molar-refractivity contribution is -0.118. The van der Waals surface area contributed by atoms with Gasteiger partial charge in [-0.1, -0.05) is 117 Å². The Morgan fingerprint density at radius 1 is 0.930 bits per heavy atom. The monoisotopic (exact) mass is 589 g/mol. The maximum absolute atomic E-state index is 12.7. The van der Waals surface area contributed by atoms with E-state index >= 15 is 0 Å². The van der Waals surface area contributed by atoms with E-state index in [2.05, 4.69) is 84.8 Å². The van der Waals surface area contributed by atoms with E-state index in [1.165, 1.54) is 17.3 Å². The van der Waals surface area contributed by atoms with E-state index < -0.39 is 0 Å². The van der Waals surface area contributed by atoms with Gasteiger partial charge in [-0.3, -0.25) is 9.36 Å². The Bertz CT molecular complexity index is 1690. The van der Waals surface area contributed by atoms with E-state index in [9.17, 15) is 4.79 Å². The van der Waals surface area contributed by atoms with Crippen molar-refractivity contribution >= 4 is 23.9 Å². The third-order valence-corrected chi connectivity index (χ3v) is 7.71. The first kappa shape index (κ1) is 29.8. The molecule has 0 radical (unpaired) electrons. The Hall–Kier alpha value is -4.69. The molecule has 0 aliphatic heterocycles. The van der Waals surface area contributed by atoms with Gasteiger partial charge in [-0.15, -0.1) is 10.2 Å². The summed E-state index contributed by atoms with van der Waals surface area (Å²) in [6.07, 6.45) is 1.60. The number of aryl methyl sites for hydroxylation is 1. The molecule has 43 heavy (non-hydrogen) atoms. The molecule has 1 N–H and O–H groups in total. The minimum Gasteiger partial charge on any atom is -0.489 e. The van der Waals surface area contributed by atoms with Gasteiger partial charge in [0.05, 0.1) is 12.0 Å². The third-order valence-electron chi connectivity index (χ3n) is 6.78. The number of carbonyl (C=O) groups excluding carboxylic acids is 1. The van der Waals surface area contributed by atoms with Crippen LogP contribution in [0.4, 0.5) is 0 Å². The molecule has 0 unspecified atom stereocenters. The number of carbonyl (C=O) groups is 1. The Kier molecular flexibility index (Phi) is 9.37. The zero-order chi connectivity index (χ0) is 30.2. The summed E-state index contributed by atoms with van der Waals surface area (Å²) in [5, 5.41) is 13.7. The SMILES string of the molecule is Cc1ccc(-n2c(SCC(=O)NN=Cc3cccc(OCc4ccccc4)c3)nnc2-c2ccc(C(C)(C)C)cc2)cc1. The zero-order valence-corrected chi connectivity index (χ0v) is 25.6. The standard InChI is InChI=1S/C35H35N5O2S/c1-25-13-19-30(20-14-25)40-33(28-15-17-29(18-16-28)35(2,3)4)38-39-34(40)43-24-32(41)37-36-22-27-11-8-12-31(21-27)42-23-26-9-6-5-7-10-26/h5-22H,23-24H2,1-4H3,(H,37,41). The van der Waals surface area contributed by atoms with Crippen molar-refractivity contribution in [3.05, 3.63) is 125 Å². The molecule has 8 heteroatoms. The van der Waals surface area contributed by atoms with Crippen molar-refractivity contribution in [3.8, 4) is 22.8 Å². The van der Waals surface area contributed by atoms with Gasteiger partial charge in [0.25, 0.3) is 5.91 Å². The first-order valence-electron chi connectivity index (χ1n) is 14.1. The maximum atomic E-state index is 12.7. The number of hydrazone groups is 1. The molecule has 1 aromatic heterocycles. The van der Waals surface area contributed by atoms with Crippen LogP contribution in [-0.2, 0) is 16.8 Å². The lowest BCUT2D eigenvalue weighted by Gasteiger charge is -2.19. The largest absolute Gasteiger partial charge is 0.489 e. The summed E-state index contributed by atoms with van der Waals surface area (Å²) in [6.45, 7) is 9.11. The molecule has 0 saturated heterocycles. The Balaban J connectivity index is 1.24. The summed E-state index contributed by atoms with van der Waals surface area (Å²) in [5.41, 5.74) is 8.87. The molecule has 1 heterocycles. The fourth-order valence-electron chi connectivity index (χ4n) is 4.36. The van der Waals surface area contributed by atoms with Gasteiger partial charge in [0, 0.05) is 11.3 Å². The number of hydrogen-bond acceptors (Lipinski definition) is 6. The van der Waals surface area contributed by atoms with Crippen molar-refractivity contribution in [1.29, 1.82) is 0 Å². The van der Waals surface area contributed by atoms with Crippen LogP contribution in [0.15, 0.2) is 113 Å². The van der Waals surface area contributed by atoms with E-state index in [4.69, 9.17) is 4.74 Å². The molecule has 4 aromatic carbocycles. The first-order chi connectivity index (χ1) is 20.8. The van der Waals surface area contributed by atoms with E-state index in [1.807, 2.05) is 71.3 Å². The number of rotatable bonds is 10. The summed E-state index contributed by atoms with van der Waals surface area (Å²) >= 11 is 1.31. The number of hydrogen-bond donors (Lipinski definition) is 1. The predicted molar refractivity (Wildman–Crippen MR) is 174 cm³/mol. The fraction of sp³-hybridized carbons (Fsp3) is 0.200. The van der Waals surface area contributed by atoms with Crippen molar-refractivity contribution in [2.24, 2.45) is 5.10 Å². The molecule has 218 valence electrons. The quantitative estimate of drug-likeness (QED) is 0.105.